The van der Waals surface area contributed by atoms with Gasteiger partial charge in [0.25, 0.3) is 5.91 Å². The lowest BCUT2D eigenvalue weighted by atomic mass is 9.86. The first-order valence-electron chi connectivity index (χ1n) is 8.66. The van der Waals surface area contributed by atoms with Gasteiger partial charge >= 0.3 is 0 Å². The number of amides is 1. The van der Waals surface area contributed by atoms with Crippen molar-refractivity contribution in [2.75, 3.05) is 13.1 Å². The zero-order chi connectivity index (χ0) is 17.2. The Bertz CT molecular complexity index is 695. The zero-order valence-electron chi connectivity index (χ0n) is 15.1. The number of nitrogens with one attached hydrogen (secondary N) is 2. The van der Waals surface area contributed by atoms with Crippen molar-refractivity contribution in [3.05, 3.63) is 47.7 Å². The summed E-state index contributed by atoms with van der Waals surface area (Å²) >= 11 is 0. The third-order valence-electron chi connectivity index (χ3n) is 4.54. The summed E-state index contributed by atoms with van der Waals surface area (Å²) in [5.41, 5.74) is 2.40. The van der Waals surface area contributed by atoms with Crippen LogP contribution in [0.1, 0.15) is 49.7 Å². The van der Waals surface area contributed by atoms with Crippen LogP contribution >= 0.6 is 12.4 Å². The van der Waals surface area contributed by atoms with E-state index in [0.717, 1.165) is 37.3 Å². The van der Waals surface area contributed by atoms with E-state index in [4.69, 9.17) is 4.42 Å². The van der Waals surface area contributed by atoms with Gasteiger partial charge in [0, 0.05) is 11.6 Å². The van der Waals surface area contributed by atoms with Crippen LogP contribution in [-0.4, -0.2) is 25.0 Å². The second-order valence-electron chi connectivity index (χ2n) is 7.49. The number of carbonyl (C=O) groups excluding carboxylic acids is 1. The molecular formula is C20H27ClN2O2. The molecule has 1 aliphatic heterocycles. The predicted molar refractivity (Wildman–Crippen MR) is 103 cm³/mol. The number of piperidine rings is 1. The summed E-state index contributed by atoms with van der Waals surface area (Å²) in [6.45, 7) is 8.48. The number of furan rings is 1. The number of halogens is 1. The summed E-state index contributed by atoms with van der Waals surface area (Å²) in [6, 6.07) is 12.2. The van der Waals surface area contributed by atoms with E-state index in [-0.39, 0.29) is 29.8 Å². The average Bonchev–Trinajstić information content (AvgIpc) is 3.05. The molecule has 1 amide bonds. The van der Waals surface area contributed by atoms with E-state index in [1.165, 1.54) is 5.56 Å². The van der Waals surface area contributed by atoms with E-state index in [0.29, 0.717) is 5.76 Å². The van der Waals surface area contributed by atoms with Gasteiger partial charge in [-0.15, -0.1) is 12.4 Å². The van der Waals surface area contributed by atoms with Crippen LogP contribution in [0.25, 0.3) is 11.3 Å². The Morgan fingerprint density at radius 3 is 2.32 bits per heavy atom. The maximum Gasteiger partial charge on any atom is 0.287 e. The van der Waals surface area contributed by atoms with Gasteiger partial charge in [-0.1, -0.05) is 45.0 Å². The number of benzene rings is 1. The molecule has 0 aliphatic carbocycles. The minimum atomic E-state index is -0.125. The Hall–Kier alpha value is -1.78. The third kappa shape index (κ3) is 4.86. The predicted octanol–water partition coefficient (Wildman–Crippen LogP) is 4.15. The molecule has 0 atom stereocenters. The fourth-order valence-electron chi connectivity index (χ4n) is 2.97. The van der Waals surface area contributed by atoms with E-state index in [2.05, 4.69) is 43.5 Å². The highest BCUT2D eigenvalue weighted by Gasteiger charge is 2.19. The van der Waals surface area contributed by atoms with E-state index in [1.54, 1.807) is 6.07 Å². The first-order valence-corrected chi connectivity index (χ1v) is 8.66. The molecule has 0 unspecified atom stereocenters. The van der Waals surface area contributed by atoms with Gasteiger partial charge in [-0.2, -0.15) is 0 Å². The highest BCUT2D eigenvalue weighted by Crippen LogP contribution is 2.27. The van der Waals surface area contributed by atoms with Crippen LogP contribution < -0.4 is 10.6 Å². The van der Waals surface area contributed by atoms with Crippen LogP contribution in [-0.2, 0) is 5.41 Å². The lowest BCUT2D eigenvalue weighted by Gasteiger charge is -2.23. The van der Waals surface area contributed by atoms with Gasteiger partial charge in [-0.05, 0) is 49.0 Å². The van der Waals surface area contributed by atoms with Gasteiger partial charge in [-0.3, -0.25) is 4.79 Å². The topological polar surface area (TPSA) is 54.3 Å². The summed E-state index contributed by atoms with van der Waals surface area (Å²) in [5, 5.41) is 6.35. The fourth-order valence-corrected chi connectivity index (χ4v) is 2.97. The molecule has 0 radical (unpaired) electrons. The molecule has 0 spiro atoms. The monoisotopic (exact) mass is 362 g/mol. The first kappa shape index (κ1) is 19.5. The van der Waals surface area contributed by atoms with Crippen LogP contribution in [0, 0.1) is 0 Å². The van der Waals surface area contributed by atoms with Crippen LogP contribution in [0.4, 0.5) is 0 Å². The Morgan fingerprint density at radius 1 is 1.08 bits per heavy atom. The summed E-state index contributed by atoms with van der Waals surface area (Å²) in [7, 11) is 0. The van der Waals surface area contributed by atoms with E-state index >= 15 is 0 Å². The molecule has 2 N–H and O–H groups in total. The summed E-state index contributed by atoms with van der Waals surface area (Å²) in [6.07, 6.45) is 1.93. The van der Waals surface area contributed by atoms with E-state index in [9.17, 15) is 4.79 Å². The standard InChI is InChI=1S/C20H26N2O2.ClH/c1-20(2,3)15-6-4-14(5-7-15)17-8-9-18(24-17)19(23)22-16-10-12-21-13-11-16;/h4-9,16,21H,10-13H2,1-3H3,(H,22,23);1H. The molecule has 4 nitrogen and oxygen atoms in total. The van der Waals surface area contributed by atoms with Crippen molar-refractivity contribution in [1.82, 2.24) is 10.6 Å². The van der Waals surface area contributed by atoms with Gasteiger partial charge in [0.2, 0.25) is 0 Å². The average molecular weight is 363 g/mol. The molecule has 136 valence electrons. The van der Waals surface area contributed by atoms with Gasteiger partial charge in [0.05, 0.1) is 0 Å². The van der Waals surface area contributed by atoms with Crippen molar-refractivity contribution in [2.24, 2.45) is 0 Å². The van der Waals surface area contributed by atoms with Crippen molar-refractivity contribution in [1.29, 1.82) is 0 Å². The van der Waals surface area contributed by atoms with Crippen molar-refractivity contribution in [3.8, 4) is 11.3 Å². The molecule has 1 aromatic heterocycles. The van der Waals surface area contributed by atoms with Gasteiger partial charge in [-0.25, -0.2) is 0 Å². The Morgan fingerprint density at radius 2 is 1.72 bits per heavy atom. The SMILES string of the molecule is CC(C)(C)c1ccc(-c2ccc(C(=O)NC3CCNCC3)o2)cc1.Cl. The van der Waals surface area contributed by atoms with Gasteiger partial charge in [0.1, 0.15) is 5.76 Å². The van der Waals surface area contributed by atoms with Gasteiger partial charge in [0.15, 0.2) is 5.76 Å². The Kier molecular flexibility index (Phi) is 6.31. The van der Waals surface area contributed by atoms with Crippen LogP contribution in [0.15, 0.2) is 40.8 Å². The third-order valence-corrected chi connectivity index (χ3v) is 4.54. The highest BCUT2D eigenvalue weighted by atomic mass is 35.5. The summed E-state index contributed by atoms with van der Waals surface area (Å²) in [4.78, 5) is 12.3. The number of rotatable bonds is 3. The number of hydrogen-bond donors (Lipinski definition) is 2. The maximum atomic E-state index is 12.3. The molecule has 2 heterocycles. The second kappa shape index (κ2) is 8.07. The largest absolute Gasteiger partial charge is 0.451 e. The molecular weight excluding hydrogens is 336 g/mol. The molecule has 1 saturated heterocycles. The minimum absolute atomic E-state index is 0. The van der Waals surface area contributed by atoms with E-state index < -0.39 is 0 Å². The lowest BCUT2D eigenvalue weighted by molar-refractivity contribution is 0.0902. The lowest BCUT2D eigenvalue weighted by Crippen LogP contribution is -2.42. The first-order chi connectivity index (χ1) is 11.4. The van der Waals surface area contributed by atoms with Crippen molar-refractivity contribution < 1.29 is 9.21 Å². The minimum Gasteiger partial charge on any atom is -0.451 e. The highest BCUT2D eigenvalue weighted by molar-refractivity contribution is 5.92. The molecule has 1 aliphatic rings. The molecule has 1 aromatic carbocycles. The molecule has 3 rings (SSSR count). The molecule has 5 heteroatoms. The molecule has 25 heavy (non-hydrogen) atoms. The molecule has 1 fully saturated rings. The Labute approximate surface area is 155 Å². The van der Waals surface area contributed by atoms with Crippen molar-refractivity contribution >= 4 is 18.3 Å². The van der Waals surface area contributed by atoms with Crippen LogP contribution in [0.2, 0.25) is 0 Å². The number of hydrogen-bond acceptors (Lipinski definition) is 3. The van der Waals surface area contributed by atoms with E-state index in [1.807, 2.05) is 18.2 Å². The normalized spacial score (nSPS) is 15.5. The summed E-state index contributed by atoms with van der Waals surface area (Å²) in [5.74, 6) is 0.980. The quantitative estimate of drug-likeness (QED) is 0.862. The number of carbonyl (C=O) groups is 1. The zero-order valence-corrected chi connectivity index (χ0v) is 15.9. The van der Waals surface area contributed by atoms with Crippen LogP contribution in [0.5, 0.6) is 0 Å². The maximum absolute atomic E-state index is 12.3. The Balaban J connectivity index is 0.00000225. The van der Waals surface area contributed by atoms with Crippen molar-refractivity contribution in [3.63, 3.8) is 0 Å². The second-order valence-corrected chi connectivity index (χ2v) is 7.49. The fraction of sp³-hybridized carbons (Fsp3) is 0.450. The summed E-state index contributed by atoms with van der Waals surface area (Å²) < 4.78 is 5.77. The smallest absolute Gasteiger partial charge is 0.287 e. The van der Waals surface area contributed by atoms with Crippen molar-refractivity contribution in [2.45, 2.75) is 45.1 Å². The molecule has 2 aromatic rings. The molecule has 0 saturated carbocycles. The molecule has 0 bridgehead atoms. The van der Waals surface area contributed by atoms with Gasteiger partial charge < -0.3 is 15.1 Å². The van der Waals surface area contributed by atoms with Crippen LogP contribution in [0.3, 0.4) is 0 Å².